The summed E-state index contributed by atoms with van der Waals surface area (Å²) in [5.41, 5.74) is 0.903. The van der Waals surface area contributed by atoms with Gasteiger partial charge in [-0.2, -0.15) is 0 Å². The highest BCUT2D eigenvalue weighted by molar-refractivity contribution is 6.31. The first-order valence-electron chi connectivity index (χ1n) is 11.5. The molecule has 1 aromatic carbocycles. The SMILES string of the molecule is CCOC(=O)C1=C(CN2CCC(NC(=O)OC(C)(C)C)CC2)NC(=O)NC1c1ccccc1Cl. The molecule has 3 rings (SSSR count). The van der Waals surface area contributed by atoms with E-state index in [1.54, 1.807) is 31.2 Å². The minimum Gasteiger partial charge on any atom is -0.463 e. The maximum atomic E-state index is 12.9. The lowest BCUT2D eigenvalue weighted by molar-refractivity contribution is -0.139. The van der Waals surface area contributed by atoms with Gasteiger partial charge in [-0.3, -0.25) is 4.90 Å². The number of carbonyl (C=O) groups excluding carboxylic acids is 3. The number of urea groups is 1. The molecule has 1 atom stereocenters. The van der Waals surface area contributed by atoms with Gasteiger partial charge in [0.05, 0.1) is 18.2 Å². The van der Waals surface area contributed by atoms with Crippen molar-refractivity contribution in [2.75, 3.05) is 26.2 Å². The number of alkyl carbamates (subject to hydrolysis) is 1. The molecular weight excluding hydrogens is 460 g/mol. The van der Waals surface area contributed by atoms with Gasteiger partial charge in [-0.25, -0.2) is 14.4 Å². The molecule has 0 bridgehead atoms. The van der Waals surface area contributed by atoms with Crippen molar-refractivity contribution in [2.24, 2.45) is 0 Å². The molecule has 186 valence electrons. The number of amides is 3. The first-order valence-corrected chi connectivity index (χ1v) is 11.9. The first-order chi connectivity index (χ1) is 16.1. The number of piperidine rings is 1. The number of rotatable bonds is 6. The quantitative estimate of drug-likeness (QED) is 0.524. The van der Waals surface area contributed by atoms with Crippen molar-refractivity contribution < 1.29 is 23.9 Å². The number of nitrogens with zero attached hydrogens (tertiary/aromatic N) is 1. The number of carbonyl (C=O) groups is 3. The van der Waals surface area contributed by atoms with Crippen LogP contribution in [0.1, 0.15) is 52.1 Å². The molecule has 0 spiro atoms. The summed E-state index contributed by atoms with van der Waals surface area (Å²) in [7, 11) is 0. The van der Waals surface area contributed by atoms with E-state index in [0.717, 1.165) is 12.8 Å². The monoisotopic (exact) mass is 492 g/mol. The molecule has 10 heteroatoms. The maximum Gasteiger partial charge on any atom is 0.407 e. The third-order valence-corrected chi connectivity index (χ3v) is 5.90. The average Bonchev–Trinajstić information content (AvgIpc) is 2.74. The number of hydrogen-bond donors (Lipinski definition) is 3. The van der Waals surface area contributed by atoms with Gasteiger partial charge < -0.3 is 25.4 Å². The van der Waals surface area contributed by atoms with E-state index >= 15 is 0 Å². The summed E-state index contributed by atoms with van der Waals surface area (Å²) in [5, 5.41) is 8.97. The Labute approximate surface area is 205 Å². The minimum atomic E-state index is -0.720. The van der Waals surface area contributed by atoms with Crippen molar-refractivity contribution in [2.45, 2.75) is 58.2 Å². The van der Waals surface area contributed by atoms with Crippen molar-refractivity contribution in [3.63, 3.8) is 0 Å². The number of benzene rings is 1. The molecule has 1 fully saturated rings. The second-order valence-corrected chi connectivity index (χ2v) is 9.77. The van der Waals surface area contributed by atoms with Crippen LogP contribution in [0.2, 0.25) is 5.02 Å². The van der Waals surface area contributed by atoms with Crippen LogP contribution in [-0.2, 0) is 14.3 Å². The van der Waals surface area contributed by atoms with E-state index in [0.29, 0.717) is 41.5 Å². The Kier molecular flexibility index (Phi) is 8.43. The fourth-order valence-corrected chi connectivity index (χ4v) is 4.31. The zero-order valence-corrected chi connectivity index (χ0v) is 20.8. The summed E-state index contributed by atoms with van der Waals surface area (Å²) >= 11 is 6.39. The molecule has 2 aliphatic rings. The van der Waals surface area contributed by atoms with Gasteiger partial charge >= 0.3 is 18.1 Å². The third kappa shape index (κ3) is 6.87. The number of ether oxygens (including phenoxy) is 2. The number of hydrogen-bond acceptors (Lipinski definition) is 6. The molecule has 1 unspecified atom stereocenters. The fourth-order valence-electron chi connectivity index (χ4n) is 4.07. The molecule has 34 heavy (non-hydrogen) atoms. The van der Waals surface area contributed by atoms with E-state index in [1.807, 2.05) is 20.8 Å². The Morgan fingerprint density at radius 3 is 2.50 bits per heavy atom. The Bertz CT molecular complexity index is 951. The van der Waals surface area contributed by atoms with Crippen molar-refractivity contribution in [3.05, 3.63) is 46.1 Å². The Hall–Kier alpha value is -2.78. The highest BCUT2D eigenvalue weighted by Crippen LogP contribution is 2.32. The van der Waals surface area contributed by atoms with Crippen molar-refractivity contribution in [3.8, 4) is 0 Å². The molecule has 1 saturated heterocycles. The van der Waals surface area contributed by atoms with Gasteiger partial charge in [0.1, 0.15) is 5.60 Å². The molecule has 0 radical (unpaired) electrons. The smallest absolute Gasteiger partial charge is 0.407 e. The number of likely N-dealkylation sites (tertiary alicyclic amines) is 1. The van der Waals surface area contributed by atoms with Gasteiger partial charge in [-0.15, -0.1) is 0 Å². The van der Waals surface area contributed by atoms with Crippen LogP contribution < -0.4 is 16.0 Å². The van der Waals surface area contributed by atoms with Crippen LogP contribution in [0.3, 0.4) is 0 Å². The first kappa shape index (κ1) is 25.8. The molecule has 2 heterocycles. The van der Waals surface area contributed by atoms with E-state index < -0.39 is 29.7 Å². The molecular formula is C24H33ClN4O5. The Balaban J connectivity index is 1.75. The highest BCUT2D eigenvalue weighted by atomic mass is 35.5. The predicted molar refractivity (Wildman–Crippen MR) is 128 cm³/mol. The lowest BCUT2D eigenvalue weighted by Gasteiger charge is -2.36. The Morgan fingerprint density at radius 2 is 1.88 bits per heavy atom. The number of nitrogens with one attached hydrogen (secondary N) is 3. The second kappa shape index (κ2) is 11.1. The van der Waals surface area contributed by atoms with E-state index in [9.17, 15) is 14.4 Å². The van der Waals surface area contributed by atoms with E-state index in [4.69, 9.17) is 21.1 Å². The molecule has 3 amide bonds. The molecule has 3 N–H and O–H groups in total. The van der Waals surface area contributed by atoms with Crippen LogP contribution in [0.15, 0.2) is 35.5 Å². The van der Waals surface area contributed by atoms with Crippen LogP contribution >= 0.6 is 11.6 Å². The summed E-state index contributed by atoms with van der Waals surface area (Å²) in [5.74, 6) is -0.503. The number of esters is 1. The lowest BCUT2D eigenvalue weighted by Crippen LogP contribution is -2.50. The molecule has 0 saturated carbocycles. The lowest BCUT2D eigenvalue weighted by atomic mass is 9.94. The van der Waals surface area contributed by atoms with Gasteiger partial charge in [0.25, 0.3) is 0 Å². The van der Waals surface area contributed by atoms with Gasteiger partial charge in [-0.05, 0) is 52.2 Å². The fraction of sp³-hybridized carbons (Fsp3) is 0.542. The van der Waals surface area contributed by atoms with Crippen LogP contribution in [0, 0.1) is 0 Å². The highest BCUT2D eigenvalue weighted by Gasteiger charge is 2.35. The van der Waals surface area contributed by atoms with Gasteiger partial charge in [0.15, 0.2) is 0 Å². The summed E-state index contributed by atoms with van der Waals surface area (Å²) in [6, 6.07) is 5.97. The molecule has 9 nitrogen and oxygen atoms in total. The van der Waals surface area contributed by atoms with E-state index in [1.165, 1.54) is 0 Å². The zero-order chi connectivity index (χ0) is 24.9. The normalized spacial score (nSPS) is 19.8. The van der Waals surface area contributed by atoms with Crippen molar-refractivity contribution >= 4 is 29.7 Å². The second-order valence-electron chi connectivity index (χ2n) is 9.36. The largest absolute Gasteiger partial charge is 0.463 e. The molecule has 0 aliphatic carbocycles. The molecule has 1 aromatic rings. The van der Waals surface area contributed by atoms with Crippen LogP contribution in [0.4, 0.5) is 9.59 Å². The van der Waals surface area contributed by atoms with Gasteiger partial charge in [0.2, 0.25) is 0 Å². The predicted octanol–water partition coefficient (Wildman–Crippen LogP) is 3.50. The standard InChI is InChI=1S/C24H33ClN4O5/c1-5-33-21(30)19-18(27-22(31)28-20(19)16-8-6-7-9-17(16)25)14-29-12-10-15(11-13-29)26-23(32)34-24(2,3)4/h6-9,15,20H,5,10-14H2,1-4H3,(H,26,32)(H2,27,28,31). The van der Waals surface area contributed by atoms with E-state index in [-0.39, 0.29) is 12.6 Å². The van der Waals surface area contributed by atoms with Gasteiger partial charge in [0, 0.05) is 36.4 Å². The summed E-state index contributed by atoms with van der Waals surface area (Å²) in [4.78, 5) is 39.6. The molecule has 2 aliphatic heterocycles. The summed E-state index contributed by atoms with van der Waals surface area (Å²) in [6.45, 7) is 9.15. The average molecular weight is 493 g/mol. The molecule has 0 aromatic heterocycles. The maximum absolute atomic E-state index is 12.9. The third-order valence-electron chi connectivity index (χ3n) is 5.56. The van der Waals surface area contributed by atoms with E-state index in [2.05, 4.69) is 20.9 Å². The topological polar surface area (TPSA) is 109 Å². The Morgan fingerprint density at radius 1 is 1.21 bits per heavy atom. The number of halogens is 1. The summed E-state index contributed by atoms with van der Waals surface area (Å²) < 4.78 is 10.7. The van der Waals surface area contributed by atoms with Crippen LogP contribution in [0.25, 0.3) is 0 Å². The van der Waals surface area contributed by atoms with Crippen LogP contribution in [-0.4, -0.2) is 60.9 Å². The summed E-state index contributed by atoms with van der Waals surface area (Å²) in [6.07, 6.45) is 1.02. The van der Waals surface area contributed by atoms with Gasteiger partial charge in [-0.1, -0.05) is 29.8 Å². The minimum absolute atomic E-state index is 0.00286. The van der Waals surface area contributed by atoms with Crippen molar-refractivity contribution in [1.82, 2.24) is 20.9 Å². The van der Waals surface area contributed by atoms with Crippen LogP contribution in [0.5, 0.6) is 0 Å². The van der Waals surface area contributed by atoms with Crippen molar-refractivity contribution in [1.29, 1.82) is 0 Å². The zero-order valence-electron chi connectivity index (χ0n) is 20.1.